The van der Waals surface area contributed by atoms with E-state index < -0.39 is 0 Å². The Hall–Kier alpha value is -1.35. The summed E-state index contributed by atoms with van der Waals surface area (Å²) < 4.78 is 2.08. The Balaban J connectivity index is 2.20. The summed E-state index contributed by atoms with van der Waals surface area (Å²) in [5, 5.41) is 2.13. The van der Waals surface area contributed by atoms with Crippen molar-refractivity contribution in [3.05, 3.63) is 40.1 Å². The maximum Gasteiger partial charge on any atom is 0.117 e. The minimum atomic E-state index is 0.943. The summed E-state index contributed by atoms with van der Waals surface area (Å²) in [7, 11) is 0. The van der Waals surface area contributed by atoms with Crippen molar-refractivity contribution in [2.75, 3.05) is 0 Å². The zero-order valence-corrected chi connectivity index (χ0v) is 7.79. The molecule has 1 aliphatic heterocycles. The van der Waals surface area contributed by atoms with E-state index in [9.17, 15) is 0 Å². The van der Waals surface area contributed by atoms with Crippen molar-refractivity contribution >= 4 is 23.6 Å². The van der Waals surface area contributed by atoms with Crippen molar-refractivity contribution in [1.29, 1.82) is 0 Å². The van der Waals surface area contributed by atoms with Crippen molar-refractivity contribution in [3.63, 3.8) is 0 Å². The fourth-order valence-corrected chi connectivity index (χ4v) is 2.38. The standard InChI is InChI=1S/C10H8N2S/c1-4-12-5-3-11-10(12)7-8-2-6-13-9(1)8/h1-6H,7H2. The van der Waals surface area contributed by atoms with Crippen LogP contribution in [0.4, 0.5) is 0 Å². The third-order valence-corrected chi connectivity index (χ3v) is 3.19. The predicted octanol–water partition coefficient (Wildman–Crippen LogP) is 2.48. The highest BCUT2D eigenvalue weighted by Gasteiger charge is 2.09. The molecule has 2 nitrogen and oxygen atoms in total. The first-order valence-electron chi connectivity index (χ1n) is 4.20. The quantitative estimate of drug-likeness (QED) is 0.530. The summed E-state index contributed by atoms with van der Waals surface area (Å²) in [6.07, 6.45) is 9.00. The molecule has 0 saturated carbocycles. The molecule has 2 aromatic heterocycles. The van der Waals surface area contributed by atoms with Crippen LogP contribution in [-0.2, 0) is 6.42 Å². The molecule has 0 radical (unpaired) electrons. The third kappa shape index (κ3) is 1.04. The lowest BCUT2D eigenvalue weighted by Gasteiger charge is -1.97. The van der Waals surface area contributed by atoms with Crippen molar-refractivity contribution in [2.45, 2.75) is 6.42 Å². The van der Waals surface area contributed by atoms with E-state index in [0.29, 0.717) is 0 Å². The predicted molar refractivity (Wildman–Crippen MR) is 54.6 cm³/mol. The zero-order chi connectivity index (χ0) is 8.67. The van der Waals surface area contributed by atoms with E-state index in [0.717, 1.165) is 12.2 Å². The van der Waals surface area contributed by atoms with Crippen LogP contribution in [0.25, 0.3) is 12.3 Å². The minimum absolute atomic E-state index is 0.943. The maximum absolute atomic E-state index is 4.31. The molecule has 0 aliphatic carbocycles. The number of hydrogen-bond donors (Lipinski definition) is 0. The first kappa shape index (κ1) is 7.09. The topological polar surface area (TPSA) is 17.8 Å². The Kier molecular flexibility index (Phi) is 1.40. The van der Waals surface area contributed by atoms with Gasteiger partial charge in [0.05, 0.1) is 0 Å². The summed E-state index contributed by atoms with van der Waals surface area (Å²) in [4.78, 5) is 5.66. The zero-order valence-electron chi connectivity index (χ0n) is 6.97. The SMILES string of the molecule is C1=Cn2ccnc2Cc2ccsc21. The molecule has 0 aromatic carbocycles. The number of hydrogen-bond acceptors (Lipinski definition) is 2. The van der Waals surface area contributed by atoms with Crippen molar-refractivity contribution in [3.8, 4) is 0 Å². The number of imidazole rings is 1. The second kappa shape index (κ2) is 2.57. The lowest BCUT2D eigenvalue weighted by atomic mass is 10.2. The van der Waals surface area contributed by atoms with E-state index in [1.165, 1.54) is 10.4 Å². The fraction of sp³-hybridized carbons (Fsp3) is 0.100. The minimum Gasteiger partial charge on any atom is -0.310 e. The molecule has 0 bridgehead atoms. The molecule has 64 valence electrons. The van der Waals surface area contributed by atoms with Crippen LogP contribution in [0.2, 0.25) is 0 Å². The average Bonchev–Trinajstić information content (AvgIpc) is 2.72. The average molecular weight is 188 g/mol. The number of thiophene rings is 1. The number of fused-ring (bicyclic) bond motifs is 2. The van der Waals surface area contributed by atoms with Crippen LogP contribution in [0.1, 0.15) is 16.3 Å². The van der Waals surface area contributed by atoms with Crippen LogP contribution in [0.3, 0.4) is 0 Å². The van der Waals surface area contributed by atoms with Gasteiger partial charge in [0.25, 0.3) is 0 Å². The Bertz CT molecular complexity index is 422. The molecule has 0 amide bonds. The van der Waals surface area contributed by atoms with E-state index in [1.54, 1.807) is 11.3 Å². The second-order valence-corrected chi connectivity index (χ2v) is 4.00. The van der Waals surface area contributed by atoms with Crippen LogP contribution in [0, 0.1) is 0 Å². The lowest BCUT2D eigenvalue weighted by Crippen LogP contribution is -1.94. The molecule has 3 rings (SSSR count). The summed E-state index contributed by atoms with van der Waals surface area (Å²) in [6, 6.07) is 2.18. The van der Waals surface area contributed by atoms with E-state index >= 15 is 0 Å². The highest BCUT2D eigenvalue weighted by Crippen LogP contribution is 2.24. The van der Waals surface area contributed by atoms with Gasteiger partial charge in [-0.2, -0.15) is 0 Å². The molecular formula is C10H8N2S. The van der Waals surface area contributed by atoms with Gasteiger partial charge in [-0.3, -0.25) is 0 Å². The Morgan fingerprint density at radius 2 is 2.46 bits per heavy atom. The molecule has 3 heteroatoms. The van der Waals surface area contributed by atoms with E-state index in [4.69, 9.17) is 0 Å². The molecule has 0 fully saturated rings. The number of aromatic nitrogens is 2. The van der Waals surface area contributed by atoms with Gasteiger partial charge in [0.1, 0.15) is 5.82 Å². The van der Waals surface area contributed by atoms with Crippen LogP contribution >= 0.6 is 11.3 Å². The lowest BCUT2D eigenvalue weighted by molar-refractivity contribution is 0.961. The highest BCUT2D eigenvalue weighted by molar-refractivity contribution is 7.11. The van der Waals surface area contributed by atoms with Gasteiger partial charge in [0.2, 0.25) is 0 Å². The molecule has 0 N–H and O–H groups in total. The molecule has 0 spiro atoms. The smallest absolute Gasteiger partial charge is 0.117 e. The van der Waals surface area contributed by atoms with Crippen molar-refractivity contribution in [1.82, 2.24) is 9.55 Å². The van der Waals surface area contributed by atoms with Crippen LogP contribution in [-0.4, -0.2) is 9.55 Å². The Morgan fingerprint density at radius 1 is 1.46 bits per heavy atom. The van der Waals surface area contributed by atoms with Gasteiger partial charge >= 0.3 is 0 Å². The van der Waals surface area contributed by atoms with Crippen molar-refractivity contribution in [2.24, 2.45) is 0 Å². The van der Waals surface area contributed by atoms with Gasteiger partial charge < -0.3 is 4.57 Å². The van der Waals surface area contributed by atoms with Gasteiger partial charge in [-0.1, -0.05) is 0 Å². The maximum atomic E-state index is 4.31. The van der Waals surface area contributed by atoms with Crippen LogP contribution in [0.15, 0.2) is 23.8 Å². The van der Waals surface area contributed by atoms with Crippen molar-refractivity contribution < 1.29 is 0 Å². The second-order valence-electron chi connectivity index (χ2n) is 3.05. The molecule has 0 unspecified atom stereocenters. The van der Waals surface area contributed by atoms with Crippen LogP contribution in [0.5, 0.6) is 0 Å². The summed E-state index contributed by atoms with van der Waals surface area (Å²) in [5.74, 6) is 1.12. The molecule has 3 heterocycles. The number of rotatable bonds is 0. The summed E-state index contributed by atoms with van der Waals surface area (Å²) >= 11 is 1.78. The van der Waals surface area contributed by atoms with Crippen LogP contribution < -0.4 is 0 Å². The molecule has 1 aliphatic rings. The van der Waals surface area contributed by atoms with E-state index in [-0.39, 0.29) is 0 Å². The first-order chi connectivity index (χ1) is 6.43. The Morgan fingerprint density at radius 3 is 3.46 bits per heavy atom. The van der Waals surface area contributed by atoms with Gasteiger partial charge in [-0.25, -0.2) is 4.98 Å². The highest BCUT2D eigenvalue weighted by atomic mass is 32.1. The van der Waals surface area contributed by atoms with Gasteiger partial charge in [-0.05, 0) is 23.1 Å². The van der Waals surface area contributed by atoms with Gasteiger partial charge in [0, 0.05) is 29.9 Å². The van der Waals surface area contributed by atoms with Gasteiger partial charge in [0.15, 0.2) is 0 Å². The van der Waals surface area contributed by atoms with E-state index in [2.05, 4.69) is 33.3 Å². The largest absolute Gasteiger partial charge is 0.310 e. The first-order valence-corrected chi connectivity index (χ1v) is 5.08. The monoisotopic (exact) mass is 188 g/mol. The Labute approximate surface area is 80.2 Å². The summed E-state index contributed by atoms with van der Waals surface area (Å²) in [6.45, 7) is 0. The van der Waals surface area contributed by atoms with E-state index in [1.807, 2.05) is 12.4 Å². The summed E-state index contributed by atoms with van der Waals surface area (Å²) in [5.41, 5.74) is 1.38. The van der Waals surface area contributed by atoms with Gasteiger partial charge in [-0.15, -0.1) is 11.3 Å². The molecule has 2 aromatic rings. The molecular weight excluding hydrogens is 180 g/mol. The fourth-order valence-electron chi connectivity index (χ4n) is 1.57. The normalized spacial score (nSPS) is 13.5. The molecule has 0 saturated heterocycles. The number of nitrogens with zero attached hydrogens (tertiary/aromatic N) is 2. The molecule has 13 heavy (non-hydrogen) atoms. The molecule has 0 atom stereocenters. The third-order valence-electron chi connectivity index (χ3n) is 2.26.